The lowest BCUT2D eigenvalue weighted by Crippen LogP contribution is -2.45. The number of alkyl halides is 3. The van der Waals surface area contributed by atoms with Gasteiger partial charge in [0.15, 0.2) is 0 Å². The fourth-order valence-corrected chi connectivity index (χ4v) is 2.19. The number of nitrogens with zero attached hydrogens (tertiary/aromatic N) is 2. The summed E-state index contributed by atoms with van der Waals surface area (Å²) in [5.74, 6) is 0.227. The van der Waals surface area contributed by atoms with Gasteiger partial charge in [0.2, 0.25) is 0 Å². The SMILES string of the molecule is COc1ccc(N2CCN(C)CC2)c(C(F)(F)F)c1. The van der Waals surface area contributed by atoms with Crippen molar-refractivity contribution in [3.05, 3.63) is 23.8 Å². The number of ether oxygens (including phenoxy) is 1. The second kappa shape index (κ2) is 5.28. The summed E-state index contributed by atoms with van der Waals surface area (Å²) in [7, 11) is 3.33. The largest absolute Gasteiger partial charge is 0.497 e. The van der Waals surface area contributed by atoms with E-state index in [1.807, 2.05) is 7.05 Å². The zero-order valence-electron chi connectivity index (χ0n) is 11.0. The smallest absolute Gasteiger partial charge is 0.418 e. The standard InChI is InChI=1S/C13H17F3N2O/c1-17-5-7-18(8-6-17)12-4-3-10(19-2)9-11(12)13(14,15)16/h3-4,9H,5-8H2,1-2H3. The fourth-order valence-electron chi connectivity index (χ4n) is 2.19. The molecule has 0 unspecified atom stereocenters. The zero-order chi connectivity index (χ0) is 14.0. The molecule has 0 spiro atoms. The Balaban J connectivity index is 2.34. The maximum atomic E-state index is 13.1. The van der Waals surface area contributed by atoms with Gasteiger partial charge in [0.25, 0.3) is 0 Å². The molecule has 0 N–H and O–H groups in total. The molecule has 0 bridgehead atoms. The number of likely N-dealkylation sites (N-methyl/N-ethyl adjacent to an activating group) is 1. The summed E-state index contributed by atoms with van der Waals surface area (Å²) < 4.78 is 44.2. The lowest BCUT2D eigenvalue weighted by atomic mass is 10.1. The molecule has 6 heteroatoms. The van der Waals surface area contributed by atoms with Crippen LogP contribution < -0.4 is 9.64 Å². The maximum Gasteiger partial charge on any atom is 0.418 e. The monoisotopic (exact) mass is 274 g/mol. The van der Waals surface area contributed by atoms with E-state index < -0.39 is 11.7 Å². The second-order valence-electron chi connectivity index (χ2n) is 4.67. The van der Waals surface area contributed by atoms with Crippen molar-refractivity contribution in [2.24, 2.45) is 0 Å². The van der Waals surface area contributed by atoms with Gasteiger partial charge in [-0.05, 0) is 25.2 Å². The molecule has 19 heavy (non-hydrogen) atoms. The molecule has 1 aromatic carbocycles. The topological polar surface area (TPSA) is 15.7 Å². The quantitative estimate of drug-likeness (QED) is 0.824. The molecule has 0 radical (unpaired) electrons. The highest BCUT2D eigenvalue weighted by Crippen LogP contribution is 2.39. The van der Waals surface area contributed by atoms with Crippen LogP contribution in [-0.4, -0.2) is 45.2 Å². The molecule has 3 nitrogen and oxygen atoms in total. The van der Waals surface area contributed by atoms with Crippen molar-refractivity contribution in [3.8, 4) is 5.75 Å². The van der Waals surface area contributed by atoms with Crippen LogP contribution in [0.15, 0.2) is 18.2 Å². The molecule has 0 amide bonds. The number of hydrogen-bond acceptors (Lipinski definition) is 3. The van der Waals surface area contributed by atoms with Gasteiger partial charge in [-0.15, -0.1) is 0 Å². The Hall–Kier alpha value is -1.43. The third-order valence-electron chi connectivity index (χ3n) is 3.35. The van der Waals surface area contributed by atoms with Crippen LogP contribution in [0.1, 0.15) is 5.56 Å². The van der Waals surface area contributed by atoms with E-state index in [2.05, 4.69) is 4.90 Å². The third kappa shape index (κ3) is 3.12. The normalized spacial score (nSPS) is 17.6. The van der Waals surface area contributed by atoms with Crippen molar-refractivity contribution in [1.82, 2.24) is 4.90 Å². The Bertz CT molecular complexity index is 440. The van der Waals surface area contributed by atoms with Crippen LogP contribution in [0.4, 0.5) is 18.9 Å². The summed E-state index contributed by atoms with van der Waals surface area (Å²) in [6, 6.07) is 4.13. The first kappa shape index (κ1) is 14.0. The summed E-state index contributed by atoms with van der Waals surface area (Å²) in [4.78, 5) is 3.88. The molecule has 0 aromatic heterocycles. The van der Waals surface area contributed by atoms with Gasteiger partial charge in [0.1, 0.15) is 5.75 Å². The molecule has 1 heterocycles. The van der Waals surface area contributed by atoms with Gasteiger partial charge in [-0.2, -0.15) is 13.2 Å². The molecule has 0 atom stereocenters. The van der Waals surface area contributed by atoms with E-state index in [1.54, 1.807) is 11.0 Å². The van der Waals surface area contributed by atoms with E-state index in [-0.39, 0.29) is 11.4 Å². The molecule has 1 aromatic rings. The van der Waals surface area contributed by atoms with Crippen molar-refractivity contribution >= 4 is 5.69 Å². The van der Waals surface area contributed by atoms with Crippen molar-refractivity contribution in [2.45, 2.75) is 6.18 Å². The molecule has 2 rings (SSSR count). The zero-order valence-corrected chi connectivity index (χ0v) is 11.0. The van der Waals surface area contributed by atoms with Crippen molar-refractivity contribution in [2.75, 3.05) is 45.2 Å². The first-order chi connectivity index (χ1) is 8.91. The van der Waals surface area contributed by atoms with E-state index in [9.17, 15) is 13.2 Å². The van der Waals surface area contributed by atoms with E-state index in [0.717, 1.165) is 19.2 Å². The van der Waals surface area contributed by atoms with Gasteiger partial charge in [-0.1, -0.05) is 0 Å². The van der Waals surface area contributed by atoms with Crippen molar-refractivity contribution in [3.63, 3.8) is 0 Å². The first-order valence-corrected chi connectivity index (χ1v) is 6.10. The van der Waals surface area contributed by atoms with Crippen LogP contribution in [0.3, 0.4) is 0 Å². The van der Waals surface area contributed by atoms with E-state index in [1.165, 1.54) is 13.2 Å². The van der Waals surface area contributed by atoms with Gasteiger partial charge in [0, 0.05) is 31.9 Å². The highest BCUT2D eigenvalue weighted by Gasteiger charge is 2.35. The third-order valence-corrected chi connectivity index (χ3v) is 3.35. The number of hydrogen-bond donors (Lipinski definition) is 0. The Kier molecular flexibility index (Phi) is 3.89. The van der Waals surface area contributed by atoms with Gasteiger partial charge in [-0.3, -0.25) is 0 Å². The Morgan fingerprint density at radius 2 is 1.74 bits per heavy atom. The van der Waals surface area contributed by atoms with Crippen LogP contribution >= 0.6 is 0 Å². The number of benzene rings is 1. The van der Waals surface area contributed by atoms with Gasteiger partial charge in [-0.25, -0.2) is 0 Å². The van der Waals surface area contributed by atoms with Crippen LogP contribution in [0.5, 0.6) is 5.75 Å². The average Bonchev–Trinajstić information content (AvgIpc) is 2.38. The highest BCUT2D eigenvalue weighted by atomic mass is 19.4. The van der Waals surface area contributed by atoms with E-state index in [4.69, 9.17) is 4.74 Å². The fraction of sp³-hybridized carbons (Fsp3) is 0.538. The number of piperazine rings is 1. The summed E-state index contributed by atoms with van der Waals surface area (Å²) >= 11 is 0. The predicted molar refractivity (Wildman–Crippen MR) is 67.7 cm³/mol. The van der Waals surface area contributed by atoms with Crippen LogP contribution in [0, 0.1) is 0 Å². The molecule has 1 fully saturated rings. The van der Waals surface area contributed by atoms with Gasteiger partial charge >= 0.3 is 6.18 Å². The van der Waals surface area contributed by atoms with Crippen LogP contribution in [-0.2, 0) is 6.18 Å². The van der Waals surface area contributed by atoms with Gasteiger partial charge < -0.3 is 14.5 Å². The van der Waals surface area contributed by atoms with Crippen molar-refractivity contribution < 1.29 is 17.9 Å². The number of rotatable bonds is 2. The Labute approximate surface area is 110 Å². The number of halogens is 3. The number of methoxy groups -OCH3 is 1. The Morgan fingerprint density at radius 1 is 1.11 bits per heavy atom. The van der Waals surface area contributed by atoms with E-state index in [0.29, 0.717) is 13.1 Å². The van der Waals surface area contributed by atoms with Crippen LogP contribution in [0.25, 0.3) is 0 Å². The minimum atomic E-state index is -4.37. The van der Waals surface area contributed by atoms with Gasteiger partial charge in [0.05, 0.1) is 12.7 Å². The molecular formula is C13H17F3N2O. The Morgan fingerprint density at radius 3 is 2.26 bits per heavy atom. The molecule has 106 valence electrons. The first-order valence-electron chi connectivity index (χ1n) is 6.10. The summed E-state index contributed by atoms with van der Waals surface area (Å²) in [6.45, 7) is 2.74. The lowest BCUT2D eigenvalue weighted by Gasteiger charge is -2.35. The molecule has 0 aliphatic carbocycles. The molecular weight excluding hydrogens is 257 g/mol. The van der Waals surface area contributed by atoms with E-state index >= 15 is 0 Å². The molecule has 1 aliphatic rings. The molecule has 0 saturated carbocycles. The molecule has 1 aliphatic heterocycles. The minimum absolute atomic E-state index is 0.227. The lowest BCUT2D eigenvalue weighted by molar-refractivity contribution is -0.137. The maximum absolute atomic E-state index is 13.1. The summed E-state index contributed by atoms with van der Waals surface area (Å²) in [5, 5.41) is 0. The van der Waals surface area contributed by atoms with Crippen molar-refractivity contribution in [1.29, 1.82) is 0 Å². The summed E-state index contributed by atoms with van der Waals surface area (Å²) in [6.07, 6.45) is -4.37. The molecule has 1 saturated heterocycles. The highest BCUT2D eigenvalue weighted by molar-refractivity contribution is 5.58. The minimum Gasteiger partial charge on any atom is -0.497 e. The van der Waals surface area contributed by atoms with Crippen LogP contribution in [0.2, 0.25) is 0 Å². The average molecular weight is 274 g/mol. The predicted octanol–water partition coefficient (Wildman–Crippen LogP) is 2.47. The second-order valence-corrected chi connectivity index (χ2v) is 4.67. The summed E-state index contributed by atoms with van der Waals surface area (Å²) in [5.41, 5.74) is -0.391. The number of anilines is 1.